The first-order valence-corrected chi connectivity index (χ1v) is 9.05. The number of carbonyl (C=O) groups is 1. The lowest BCUT2D eigenvalue weighted by Crippen LogP contribution is -2.37. The number of hydrogen-bond acceptors (Lipinski definition) is 6. The second kappa shape index (κ2) is 5.94. The van der Waals surface area contributed by atoms with E-state index in [9.17, 15) is 9.18 Å². The third-order valence-corrected chi connectivity index (χ3v) is 5.09. The Morgan fingerprint density at radius 3 is 2.81 bits per heavy atom. The van der Waals surface area contributed by atoms with Gasteiger partial charge in [0, 0.05) is 6.54 Å². The predicted molar refractivity (Wildman–Crippen MR) is 96.1 cm³/mol. The molecule has 27 heavy (non-hydrogen) atoms. The average molecular weight is 374 g/mol. The van der Waals surface area contributed by atoms with Crippen LogP contribution < -0.4 is 5.73 Å². The van der Waals surface area contributed by atoms with Crippen LogP contribution in [0.3, 0.4) is 0 Å². The molecule has 0 radical (unpaired) electrons. The second-order valence-corrected chi connectivity index (χ2v) is 8.49. The van der Waals surface area contributed by atoms with Crippen molar-refractivity contribution >= 4 is 11.8 Å². The average Bonchev–Trinajstić information content (AvgIpc) is 3.00. The molecule has 1 spiro atoms. The normalized spacial score (nSPS) is 20.9. The Balaban J connectivity index is 1.62. The number of likely N-dealkylation sites (tertiary alicyclic amines) is 1. The van der Waals surface area contributed by atoms with Gasteiger partial charge in [0.1, 0.15) is 11.6 Å². The van der Waals surface area contributed by atoms with Crippen molar-refractivity contribution in [2.75, 3.05) is 12.3 Å². The Kier molecular flexibility index (Phi) is 3.90. The Bertz CT molecular complexity index is 885. The van der Waals surface area contributed by atoms with Gasteiger partial charge < -0.3 is 15.0 Å². The summed E-state index contributed by atoms with van der Waals surface area (Å²) >= 11 is 0. The molecule has 0 unspecified atom stereocenters. The van der Waals surface area contributed by atoms with Crippen LogP contribution in [-0.4, -0.2) is 33.3 Å². The molecule has 0 bridgehead atoms. The van der Waals surface area contributed by atoms with Gasteiger partial charge in [0.25, 0.3) is 0 Å². The number of halogens is 1. The maximum absolute atomic E-state index is 14.3. The van der Waals surface area contributed by atoms with Crippen LogP contribution in [0.1, 0.15) is 52.0 Å². The molecule has 2 N–H and O–H groups in total. The molecular formula is C19H23FN4O3. The van der Waals surface area contributed by atoms with E-state index in [1.165, 1.54) is 6.07 Å². The number of ether oxygens (including phenoxy) is 1. The summed E-state index contributed by atoms with van der Waals surface area (Å²) < 4.78 is 25.2. The molecule has 1 aliphatic heterocycles. The number of nitrogens with zero attached hydrogens (tertiary/aromatic N) is 3. The van der Waals surface area contributed by atoms with Crippen LogP contribution in [0, 0.1) is 11.2 Å². The van der Waals surface area contributed by atoms with Crippen LogP contribution in [0.4, 0.5) is 14.9 Å². The summed E-state index contributed by atoms with van der Waals surface area (Å²) in [4.78, 5) is 18.7. The van der Waals surface area contributed by atoms with Gasteiger partial charge in [-0.25, -0.2) is 9.18 Å². The highest BCUT2D eigenvalue weighted by Crippen LogP contribution is 2.58. The van der Waals surface area contributed by atoms with Crippen LogP contribution in [-0.2, 0) is 4.74 Å². The molecule has 7 nitrogen and oxygen atoms in total. The van der Waals surface area contributed by atoms with Gasteiger partial charge in [-0.2, -0.15) is 4.98 Å². The molecule has 2 heterocycles. The lowest BCUT2D eigenvalue weighted by molar-refractivity contribution is 0.0193. The lowest BCUT2D eigenvalue weighted by atomic mass is 10.0. The molecule has 1 atom stereocenters. The number of rotatable bonds is 2. The SMILES string of the molecule is CC(C)(C)OC(=O)N1CC2(CC2)C[C@H]1c1nc(-c2cccc(N)c2F)no1. The van der Waals surface area contributed by atoms with Crippen LogP contribution in [0.5, 0.6) is 0 Å². The van der Waals surface area contributed by atoms with E-state index in [-0.39, 0.29) is 28.5 Å². The number of benzene rings is 1. The van der Waals surface area contributed by atoms with E-state index in [1.54, 1.807) is 17.0 Å². The summed E-state index contributed by atoms with van der Waals surface area (Å²) in [5.74, 6) is -0.170. The third-order valence-electron chi connectivity index (χ3n) is 5.09. The molecule has 2 fully saturated rings. The Hall–Kier alpha value is -2.64. The Labute approximate surface area is 156 Å². The van der Waals surface area contributed by atoms with Crippen molar-refractivity contribution in [2.24, 2.45) is 5.41 Å². The molecule has 1 aliphatic carbocycles. The van der Waals surface area contributed by atoms with Crippen molar-refractivity contribution in [3.63, 3.8) is 0 Å². The summed E-state index contributed by atoms with van der Waals surface area (Å²) in [7, 11) is 0. The van der Waals surface area contributed by atoms with Crippen molar-refractivity contribution in [3.8, 4) is 11.4 Å². The zero-order chi connectivity index (χ0) is 19.4. The van der Waals surface area contributed by atoms with E-state index < -0.39 is 17.5 Å². The zero-order valence-electron chi connectivity index (χ0n) is 15.7. The first-order valence-electron chi connectivity index (χ1n) is 9.05. The largest absolute Gasteiger partial charge is 0.444 e. The van der Waals surface area contributed by atoms with E-state index in [4.69, 9.17) is 15.0 Å². The molecule has 2 aromatic rings. The summed E-state index contributed by atoms with van der Waals surface area (Å²) in [6.07, 6.45) is 2.47. The van der Waals surface area contributed by atoms with E-state index >= 15 is 0 Å². The van der Waals surface area contributed by atoms with Crippen molar-refractivity contribution in [1.29, 1.82) is 0 Å². The number of amides is 1. The van der Waals surface area contributed by atoms with Gasteiger partial charge in [-0.1, -0.05) is 11.2 Å². The number of nitrogens with two attached hydrogens (primary N) is 1. The predicted octanol–water partition coefficient (Wildman–Crippen LogP) is 3.92. The van der Waals surface area contributed by atoms with Gasteiger partial charge in [0.15, 0.2) is 5.82 Å². The summed E-state index contributed by atoms with van der Waals surface area (Å²) in [6, 6.07) is 4.28. The maximum Gasteiger partial charge on any atom is 0.410 e. The number of aromatic nitrogens is 2. The molecule has 1 amide bonds. The number of anilines is 1. The maximum atomic E-state index is 14.3. The summed E-state index contributed by atoms with van der Waals surface area (Å²) in [5, 5.41) is 3.91. The molecule has 1 aromatic carbocycles. The van der Waals surface area contributed by atoms with Gasteiger partial charge in [-0.05, 0) is 57.6 Å². The van der Waals surface area contributed by atoms with Crippen molar-refractivity contribution in [1.82, 2.24) is 15.0 Å². The molecule has 4 rings (SSSR count). The molecule has 8 heteroatoms. The van der Waals surface area contributed by atoms with Crippen LogP contribution in [0.2, 0.25) is 0 Å². The second-order valence-electron chi connectivity index (χ2n) is 8.49. The van der Waals surface area contributed by atoms with Crippen molar-refractivity contribution in [3.05, 3.63) is 29.9 Å². The van der Waals surface area contributed by atoms with Gasteiger partial charge in [0.2, 0.25) is 11.7 Å². The van der Waals surface area contributed by atoms with E-state index in [0.29, 0.717) is 12.4 Å². The van der Waals surface area contributed by atoms with Crippen molar-refractivity contribution < 1.29 is 18.4 Å². The molecule has 1 aromatic heterocycles. The Morgan fingerprint density at radius 2 is 2.15 bits per heavy atom. The minimum atomic E-state index is -0.592. The van der Waals surface area contributed by atoms with Gasteiger partial charge in [-0.3, -0.25) is 4.90 Å². The van der Waals surface area contributed by atoms with Gasteiger partial charge >= 0.3 is 6.09 Å². The zero-order valence-corrected chi connectivity index (χ0v) is 15.7. The van der Waals surface area contributed by atoms with Crippen LogP contribution >= 0.6 is 0 Å². The molecule has 144 valence electrons. The van der Waals surface area contributed by atoms with Crippen LogP contribution in [0.15, 0.2) is 22.7 Å². The first-order chi connectivity index (χ1) is 12.7. The van der Waals surface area contributed by atoms with Crippen LogP contribution in [0.25, 0.3) is 11.4 Å². The first kappa shape index (κ1) is 17.8. The highest BCUT2D eigenvalue weighted by molar-refractivity contribution is 5.69. The quantitative estimate of drug-likeness (QED) is 0.801. The lowest BCUT2D eigenvalue weighted by Gasteiger charge is -2.27. The van der Waals surface area contributed by atoms with Gasteiger partial charge in [-0.15, -0.1) is 0 Å². The topological polar surface area (TPSA) is 94.5 Å². The van der Waals surface area contributed by atoms with Crippen molar-refractivity contribution in [2.45, 2.75) is 51.7 Å². The number of hydrogen-bond donors (Lipinski definition) is 1. The summed E-state index contributed by atoms with van der Waals surface area (Å²) in [6.45, 7) is 6.10. The van der Waals surface area contributed by atoms with E-state index in [2.05, 4.69) is 10.1 Å². The molecule has 1 saturated carbocycles. The third kappa shape index (κ3) is 3.36. The minimum Gasteiger partial charge on any atom is -0.444 e. The fraction of sp³-hybridized carbons (Fsp3) is 0.526. The highest BCUT2D eigenvalue weighted by Gasteiger charge is 2.55. The molecular weight excluding hydrogens is 351 g/mol. The summed E-state index contributed by atoms with van der Waals surface area (Å²) in [5.41, 5.74) is 5.33. The molecule has 2 aliphatic rings. The molecule has 1 saturated heterocycles. The minimum absolute atomic E-state index is 0.0204. The number of nitrogen functional groups attached to an aromatic ring is 1. The van der Waals surface area contributed by atoms with E-state index in [1.807, 2.05) is 20.8 Å². The Morgan fingerprint density at radius 1 is 1.41 bits per heavy atom. The number of carbonyl (C=O) groups excluding carboxylic acids is 1. The highest BCUT2D eigenvalue weighted by atomic mass is 19.1. The van der Waals surface area contributed by atoms with Gasteiger partial charge in [0.05, 0.1) is 11.3 Å². The monoisotopic (exact) mass is 374 g/mol. The fourth-order valence-electron chi connectivity index (χ4n) is 3.53. The van der Waals surface area contributed by atoms with E-state index in [0.717, 1.165) is 19.3 Å². The fourth-order valence-corrected chi connectivity index (χ4v) is 3.53. The smallest absolute Gasteiger partial charge is 0.410 e. The standard InChI is InChI=1S/C19H23FN4O3/c1-18(2,3)26-17(25)24-10-19(7-8-19)9-13(24)16-22-15(23-27-16)11-5-4-6-12(21)14(11)20/h4-6,13H,7-10,21H2,1-3H3/t13-/m0/s1.